The highest BCUT2D eigenvalue weighted by atomic mass is 16.4. The standard InChI is InChI=1S/C20H18N4O2/c1-20(2,3)14-6-4-5-12-7-9-15(21-17(12)14)18-23-22-16-10-8-13(19(25)26)11-24(16)18/h4-11H,1-3H3,(H,25,26). The van der Waals surface area contributed by atoms with Gasteiger partial charge >= 0.3 is 5.97 Å². The first-order chi connectivity index (χ1) is 12.3. The number of carboxylic acids is 1. The molecule has 0 saturated heterocycles. The van der Waals surface area contributed by atoms with Crippen molar-refractivity contribution in [3.63, 3.8) is 0 Å². The first kappa shape index (κ1) is 16.2. The average molecular weight is 346 g/mol. The maximum Gasteiger partial charge on any atom is 0.337 e. The van der Waals surface area contributed by atoms with Crippen LogP contribution in [0.5, 0.6) is 0 Å². The molecule has 0 saturated carbocycles. The number of carbonyl (C=O) groups is 1. The van der Waals surface area contributed by atoms with Gasteiger partial charge in [-0.05, 0) is 29.2 Å². The van der Waals surface area contributed by atoms with Crippen molar-refractivity contribution < 1.29 is 9.90 Å². The predicted octanol–water partition coefficient (Wildman–Crippen LogP) is 3.94. The van der Waals surface area contributed by atoms with Crippen LogP contribution in [0.25, 0.3) is 28.1 Å². The zero-order valence-corrected chi connectivity index (χ0v) is 14.8. The topological polar surface area (TPSA) is 80.4 Å². The molecule has 130 valence electrons. The van der Waals surface area contributed by atoms with Crippen LogP contribution in [0.15, 0.2) is 48.7 Å². The molecule has 0 aliphatic carbocycles. The summed E-state index contributed by atoms with van der Waals surface area (Å²) in [7, 11) is 0. The summed E-state index contributed by atoms with van der Waals surface area (Å²) < 4.78 is 1.66. The van der Waals surface area contributed by atoms with Crippen molar-refractivity contribution in [2.45, 2.75) is 26.2 Å². The Morgan fingerprint density at radius 2 is 1.85 bits per heavy atom. The van der Waals surface area contributed by atoms with Crippen LogP contribution >= 0.6 is 0 Å². The van der Waals surface area contributed by atoms with Crippen LogP contribution in [0.4, 0.5) is 0 Å². The third-order valence-electron chi connectivity index (χ3n) is 4.41. The summed E-state index contributed by atoms with van der Waals surface area (Å²) in [4.78, 5) is 16.1. The Labute approximate surface area is 150 Å². The van der Waals surface area contributed by atoms with Crippen molar-refractivity contribution in [1.29, 1.82) is 0 Å². The lowest BCUT2D eigenvalue weighted by Gasteiger charge is -2.20. The second-order valence-electron chi connectivity index (χ2n) is 7.30. The molecule has 26 heavy (non-hydrogen) atoms. The SMILES string of the molecule is CC(C)(C)c1cccc2ccc(-c3nnc4ccc(C(=O)O)cn34)nc12. The first-order valence-corrected chi connectivity index (χ1v) is 8.33. The van der Waals surface area contributed by atoms with E-state index in [1.54, 1.807) is 10.5 Å². The highest BCUT2D eigenvalue weighted by Crippen LogP contribution is 2.30. The van der Waals surface area contributed by atoms with Gasteiger partial charge in [-0.25, -0.2) is 9.78 Å². The summed E-state index contributed by atoms with van der Waals surface area (Å²) >= 11 is 0. The van der Waals surface area contributed by atoms with Crippen LogP contribution in [-0.4, -0.2) is 30.7 Å². The third-order valence-corrected chi connectivity index (χ3v) is 4.41. The maximum atomic E-state index is 11.3. The Morgan fingerprint density at radius 1 is 1.04 bits per heavy atom. The zero-order chi connectivity index (χ0) is 18.5. The van der Waals surface area contributed by atoms with Crippen LogP contribution in [0, 0.1) is 0 Å². The fourth-order valence-corrected chi connectivity index (χ4v) is 3.07. The number of hydrogen-bond acceptors (Lipinski definition) is 4. The number of para-hydroxylation sites is 1. The number of pyridine rings is 2. The van der Waals surface area contributed by atoms with Gasteiger partial charge in [0.2, 0.25) is 0 Å². The molecule has 0 spiro atoms. The summed E-state index contributed by atoms with van der Waals surface area (Å²) in [6.45, 7) is 6.46. The molecule has 6 nitrogen and oxygen atoms in total. The lowest BCUT2D eigenvalue weighted by Crippen LogP contribution is -2.12. The van der Waals surface area contributed by atoms with Crippen LogP contribution in [0.1, 0.15) is 36.7 Å². The van der Waals surface area contributed by atoms with E-state index in [1.165, 1.54) is 12.3 Å². The first-order valence-electron chi connectivity index (χ1n) is 8.33. The molecule has 0 bridgehead atoms. The van der Waals surface area contributed by atoms with E-state index in [4.69, 9.17) is 4.98 Å². The molecule has 0 atom stereocenters. The Balaban J connectivity index is 1.96. The minimum atomic E-state index is -0.993. The lowest BCUT2D eigenvalue weighted by atomic mass is 9.85. The van der Waals surface area contributed by atoms with Gasteiger partial charge in [0.1, 0.15) is 5.69 Å². The molecule has 0 aliphatic rings. The fraction of sp³-hybridized carbons (Fsp3) is 0.200. The largest absolute Gasteiger partial charge is 0.478 e. The van der Waals surface area contributed by atoms with Gasteiger partial charge in [-0.1, -0.05) is 45.0 Å². The van der Waals surface area contributed by atoms with E-state index in [9.17, 15) is 9.90 Å². The van der Waals surface area contributed by atoms with E-state index in [2.05, 4.69) is 37.0 Å². The molecule has 4 aromatic rings. The predicted molar refractivity (Wildman–Crippen MR) is 99.4 cm³/mol. The Bertz CT molecular complexity index is 1160. The highest BCUT2D eigenvalue weighted by molar-refractivity contribution is 5.88. The Morgan fingerprint density at radius 3 is 2.58 bits per heavy atom. The minimum Gasteiger partial charge on any atom is -0.478 e. The molecule has 0 radical (unpaired) electrons. The van der Waals surface area contributed by atoms with Gasteiger partial charge in [-0.3, -0.25) is 4.40 Å². The third kappa shape index (κ3) is 2.60. The zero-order valence-electron chi connectivity index (χ0n) is 14.8. The molecule has 3 heterocycles. The van der Waals surface area contributed by atoms with E-state index in [-0.39, 0.29) is 11.0 Å². The molecule has 6 heteroatoms. The van der Waals surface area contributed by atoms with Gasteiger partial charge in [0.15, 0.2) is 11.5 Å². The van der Waals surface area contributed by atoms with Crippen molar-refractivity contribution in [3.05, 3.63) is 59.8 Å². The number of rotatable bonds is 2. The molecule has 1 N–H and O–H groups in total. The normalized spacial score (nSPS) is 12.0. The number of carboxylic acid groups (broad SMARTS) is 1. The van der Waals surface area contributed by atoms with Crippen molar-refractivity contribution in [3.8, 4) is 11.5 Å². The number of fused-ring (bicyclic) bond motifs is 2. The average Bonchev–Trinajstić information content (AvgIpc) is 3.03. The van der Waals surface area contributed by atoms with E-state index >= 15 is 0 Å². The van der Waals surface area contributed by atoms with E-state index < -0.39 is 5.97 Å². The summed E-state index contributed by atoms with van der Waals surface area (Å²) in [6.07, 6.45) is 1.52. The van der Waals surface area contributed by atoms with Crippen molar-refractivity contribution in [2.75, 3.05) is 0 Å². The fourth-order valence-electron chi connectivity index (χ4n) is 3.07. The van der Waals surface area contributed by atoms with Crippen LogP contribution < -0.4 is 0 Å². The monoisotopic (exact) mass is 346 g/mol. The van der Waals surface area contributed by atoms with Crippen molar-refractivity contribution in [2.24, 2.45) is 0 Å². The summed E-state index contributed by atoms with van der Waals surface area (Å²) in [5, 5.41) is 18.6. The van der Waals surface area contributed by atoms with Gasteiger partial charge in [-0.15, -0.1) is 10.2 Å². The van der Waals surface area contributed by atoms with Gasteiger partial charge in [0, 0.05) is 11.6 Å². The quantitative estimate of drug-likeness (QED) is 0.594. The Kier molecular flexibility index (Phi) is 3.50. The Hall–Kier alpha value is -3.28. The molecule has 3 aromatic heterocycles. The van der Waals surface area contributed by atoms with Crippen LogP contribution in [-0.2, 0) is 5.41 Å². The number of aromatic carboxylic acids is 1. The summed E-state index contributed by atoms with van der Waals surface area (Å²) in [5.41, 5.74) is 3.43. The van der Waals surface area contributed by atoms with Crippen LogP contribution in [0.2, 0.25) is 0 Å². The molecule has 0 aliphatic heterocycles. The minimum absolute atomic E-state index is 0.0471. The van der Waals surface area contributed by atoms with E-state index in [0.29, 0.717) is 17.2 Å². The molecular weight excluding hydrogens is 328 g/mol. The maximum absolute atomic E-state index is 11.3. The number of hydrogen-bond donors (Lipinski definition) is 1. The van der Waals surface area contributed by atoms with Crippen LogP contribution in [0.3, 0.4) is 0 Å². The van der Waals surface area contributed by atoms with E-state index in [1.807, 2.05) is 24.3 Å². The van der Waals surface area contributed by atoms with Gasteiger partial charge < -0.3 is 5.11 Å². The van der Waals surface area contributed by atoms with E-state index in [0.717, 1.165) is 16.5 Å². The molecule has 1 aromatic carbocycles. The lowest BCUT2D eigenvalue weighted by molar-refractivity contribution is 0.0696. The molecule has 4 rings (SSSR count). The van der Waals surface area contributed by atoms with Gasteiger partial charge in [-0.2, -0.15) is 0 Å². The highest BCUT2D eigenvalue weighted by Gasteiger charge is 2.19. The van der Waals surface area contributed by atoms with Crippen molar-refractivity contribution >= 4 is 22.5 Å². The summed E-state index contributed by atoms with van der Waals surface area (Å²) in [6, 6.07) is 13.2. The molecule has 0 amide bonds. The van der Waals surface area contributed by atoms with Gasteiger partial charge in [0.25, 0.3) is 0 Å². The summed E-state index contributed by atoms with van der Waals surface area (Å²) in [5.74, 6) is -0.471. The molecule has 0 fully saturated rings. The number of nitrogens with zero attached hydrogens (tertiary/aromatic N) is 4. The number of benzene rings is 1. The van der Waals surface area contributed by atoms with Gasteiger partial charge in [0.05, 0.1) is 11.1 Å². The molecular formula is C20H18N4O2. The second-order valence-corrected chi connectivity index (χ2v) is 7.30. The molecule has 0 unspecified atom stereocenters. The van der Waals surface area contributed by atoms with Crippen molar-refractivity contribution in [1.82, 2.24) is 19.6 Å². The number of aromatic nitrogens is 4. The second kappa shape index (κ2) is 5.62. The smallest absolute Gasteiger partial charge is 0.337 e.